The van der Waals surface area contributed by atoms with E-state index in [0.717, 1.165) is 11.3 Å². The zero-order valence-corrected chi connectivity index (χ0v) is 14.6. The number of carboxylic acid groups (broad SMARTS) is 1. The first-order chi connectivity index (χ1) is 12.6. The molecule has 2 N–H and O–H groups in total. The van der Waals surface area contributed by atoms with E-state index in [9.17, 15) is 9.59 Å². The second kappa shape index (κ2) is 8.52. The van der Waals surface area contributed by atoms with Crippen LogP contribution in [0.2, 0.25) is 0 Å². The lowest BCUT2D eigenvalue weighted by Gasteiger charge is -2.26. The number of carbonyl (C=O) groups excluding carboxylic acids is 1. The van der Waals surface area contributed by atoms with Crippen LogP contribution in [0.15, 0.2) is 54.6 Å². The van der Waals surface area contributed by atoms with Gasteiger partial charge in [0.2, 0.25) is 0 Å². The molecule has 0 saturated heterocycles. The zero-order chi connectivity index (χ0) is 18.4. The molecule has 0 bridgehead atoms. The lowest BCUT2D eigenvalue weighted by Crippen LogP contribution is -2.38. The molecule has 2 aromatic carbocycles. The predicted molar refractivity (Wildman–Crippen MR) is 98.1 cm³/mol. The first kappa shape index (κ1) is 18.0. The third-order valence-corrected chi connectivity index (χ3v) is 4.78. The van der Waals surface area contributed by atoms with E-state index in [1.807, 2.05) is 42.5 Å². The second-order valence-corrected chi connectivity index (χ2v) is 6.66. The molecule has 136 valence electrons. The maximum Gasteiger partial charge on any atom is 0.306 e. The molecule has 1 aliphatic carbocycles. The molecular weight excluding hydrogens is 330 g/mol. The summed E-state index contributed by atoms with van der Waals surface area (Å²) in [5.74, 6) is -0.305. The third-order valence-electron chi connectivity index (χ3n) is 4.78. The molecule has 0 heterocycles. The molecule has 0 spiro atoms. The van der Waals surface area contributed by atoms with Gasteiger partial charge < -0.3 is 15.2 Å². The molecule has 0 aliphatic heterocycles. The molecule has 1 amide bonds. The van der Waals surface area contributed by atoms with Gasteiger partial charge in [0.1, 0.15) is 12.4 Å². The van der Waals surface area contributed by atoms with E-state index in [4.69, 9.17) is 9.84 Å². The Bertz CT molecular complexity index is 734. The van der Waals surface area contributed by atoms with Crippen molar-refractivity contribution < 1.29 is 19.4 Å². The van der Waals surface area contributed by atoms with Crippen molar-refractivity contribution in [2.45, 2.75) is 38.3 Å². The van der Waals surface area contributed by atoms with Gasteiger partial charge in [-0.1, -0.05) is 30.3 Å². The normalized spacial score (nSPS) is 19.5. The van der Waals surface area contributed by atoms with Gasteiger partial charge in [0.05, 0.1) is 5.92 Å². The molecule has 0 aromatic heterocycles. The number of nitrogens with one attached hydrogen (secondary N) is 1. The van der Waals surface area contributed by atoms with Crippen LogP contribution in [0.3, 0.4) is 0 Å². The van der Waals surface area contributed by atoms with E-state index in [0.29, 0.717) is 37.9 Å². The molecule has 26 heavy (non-hydrogen) atoms. The number of ether oxygens (including phenoxy) is 1. The molecule has 2 aromatic rings. The number of carboxylic acids is 1. The van der Waals surface area contributed by atoms with Crippen molar-refractivity contribution in [3.05, 3.63) is 65.7 Å². The SMILES string of the molecule is O=C(NC1CCC(C(=O)O)CC1)c1ccc(COc2ccccc2)cc1. The van der Waals surface area contributed by atoms with E-state index >= 15 is 0 Å². The minimum Gasteiger partial charge on any atom is -0.489 e. The summed E-state index contributed by atoms with van der Waals surface area (Å²) >= 11 is 0. The van der Waals surface area contributed by atoms with Crippen LogP contribution in [0.4, 0.5) is 0 Å². The molecule has 0 radical (unpaired) electrons. The van der Waals surface area contributed by atoms with Crippen LogP contribution in [-0.2, 0) is 11.4 Å². The summed E-state index contributed by atoms with van der Waals surface area (Å²) in [6.45, 7) is 0.450. The predicted octanol–water partition coefficient (Wildman–Crippen LogP) is 3.64. The minimum atomic E-state index is -0.733. The van der Waals surface area contributed by atoms with Gasteiger partial charge in [-0.05, 0) is 55.5 Å². The maximum atomic E-state index is 12.4. The van der Waals surface area contributed by atoms with Crippen LogP contribution in [0, 0.1) is 5.92 Å². The molecule has 5 nitrogen and oxygen atoms in total. The number of carbonyl (C=O) groups is 2. The van der Waals surface area contributed by atoms with Crippen molar-refractivity contribution in [1.29, 1.82) is 0 Å². The summed E-state index contributed by atoms with van der Waals surface area (Å²) in [5, 5.41) is 12.0. The van der Waals surface area contributed by atoms with Gasteiger partial charge in [0, 0.05) is 11.6 Å². The van der Waals surface area contributed by atoms with Crippen LogP contribution in [0.25, 0.3) is 0 Å². The molecule has 1 aliphatic rings. The average Bonchev–Trinajstić information content (AvgIpc) is 2.68. The van der Waals surface area contributed by atoms with Crippen LogP contribution in [0.5, 0.6) is 5.75 Å². The van der Waals surface area contributed by atoms with Crippen LogP contribution in [-0.4, -0.2) is 23.0 Å². The largest absolute Gasteiger partial charge is 0.489 e. The number of hydrogen-bond donors (Lipinski definition) is 2. The van der Waals surface area contributed by atoms with E-state index < -0.39 is 5.97 Å². The van der Waals surface area contributed by atoms with Crippen molar-refractivity contribution in [2.75, 3.05) is 0 Å². The second-order valence-electron chi connectivity index (χ2n) is 6.66. The van der Waals surface area contributed by atoms with Gasteiger partial charge in [0.25, 0.3) is 5.91 Å². The van der Waals surface area contributed by atoms with E-state index in [2.05, 4.69) is 5.32 Å². The zero-order valence-electron chi connectivity index (χ0n) is 14.6. The van der Waals surface area contributed by atoms with Crippen LogP contribution in [0.1, 0.15) is 41.6 Å². The smallest absolute Gasteiger partial charge is 0.306 e. The number of para-hydroxylation sites is 1. The minimum absolute atomic E-state index is 0.0548. The summed E-state index contributed by atoms with van der Waals surface area (Å²) in [6, 6.07) is 17.0. The number of rotatable bonds is 6. The summed E-state index contributed by atoms with van der Waals surface area (Å²) in [4.78, 5) is 23.3. The number of benzene rings is 2. The Balaban J connectivity index is 1.48. The first-order valence-corrected chi connectivity index (χ1v) is 8.92. The molecule has 1 fully saturated rings. The number of aliphatic carboxylic acids is 1. The fourth-order valence-corrected chi connectivity index (χ4v) is 3.19. The van der Waals surface area contributed by atoms with Crippen LogP contribution >= 0.6 is 0 Å². The van der Waals surface area contributed by atoms with Crippen molar-refractivity contribution in [3.8, 4) is 5.75 Å². The van der Waals surface area contributed by atoms with E-state index in [1.54, 1.807) is 12.1 Å². The standard InChI is InChI=1S/C21H23NO4/c23-20(22-18-12-10-17(11-13-18)21(24)25)16-8-6-15(7-9-16)14-26-19-4-2-1-3-5-19/h1-9,17-18H,10-14H2,(H,22,23)(H,24,25). The summed E-state index contributed by atoms with van der Waals surface area (Å²) in [7, 11) is 0. The van der Waals surface area contributed by atoms with Gasteiger partial charge in [0.15, 0.2) is 0 Å². The van der Waals surface area contributed by atoms with Crippen molar-refractivity contribution in [3.63, 3.8) is 0 Å². The molecular formula is C21H23NO4. The highest BCUT2D eigenvalue weighted by atomic mass is 16.5. The fourth-order valence-electron chi connectivity index (χ4n) is 3.19. The van der Waals surface area contributed by atoms with Gasteiger partial charge >= 0.3 is 5.97 Å². The highest BCUT2D eigenvalue weighted by molar-refractivity contribution is 5.94. The van der Waals surface area contributed by atoms with Gasteiger partial charge in [-0.15, -0.1) is 0 Å². The summed E-state index contributed by atoms with van der Waals surface area (Å²) in [6.07, 6.45) is 2.67. The Labute approximate surface area is 153 Å². The summed E-state index contributed by atoms with van der Waals surface area (Å²) in [5.41, 5.74) is 1.60. The summed E-state index contributed by atoms with van der Waals surface area (Å²) < 4.78 is 5.69. The van der Waals surface area contributed by atoms with Crippen LogP contribution < -0.4 is 10.1 Å². The Morgan fingerprint density at radius 3 is 2.23 bits per heavy atom. The van der Waals surface area contributed by atoms with Crippen molar-refractivity contribution >= 4 is 11.9 Å². The number of hydrogen-bond acceptors (Lipinski definition) is 3. The molecule has 0 atom stereocenters. The van der Waals surface area contributed by atoms with Crippen molar-refractivity contribution in [2.24, 2.45) is 5.92 Å². The van der Waals surface area contributed by atoms with Gasteiger partial charge in [-0.3, -0.25) is 9.59 Å². The topological polar surface area (TPSA) is 75.6 Å². The lowest BCUT2D eigenvalue weighted by atomic mass is 9.86. The quantitative estimate of drug-likeness (QED) is 0.831. The highest BCUT2D eigenvalue weighted by Crippen LogP contribution is 2.24. The first-order valence-electron chi connectivity index (χ1n) is 8.92. The lowest BCUT2D eigenvalue weighted by molar-refractivity contribution is -0.142. The Hall–Kier alpha value is -2.82. The molecule has 0 unspecified atom stereocenters. The third kappa shape index (κ3) is 4.85. The number of amides is 1. The van der Waals surface area contributed by atoms with Gasteiger partial charge in [-0.2, -0.15) is 0 Å². The highest BCUT2D eigenvalue weighted by Gasteiger charge is 2.26. The van der Waals surface area contributed by atoms with E-state index in [-0.39, 0.29) is 17.9 Å². The average molecular weight is 353 g/mol. The molecule has 3 rings (SSSR count). The van der Waals surface area contributed by atoms with E-state index in [1.165, 1.54) is 0 Å². The fraction of sp³-hybridized carbons (Fsp3) is 0.333. The molecule has 5 heteroatoms. The molecule has 1 saturated carbocycles. The van der Waals surface area contributed by atoms with Crippen molar-refractivity contribution in [1.82, 2.24) is 5.32 Å². The maximum absolute atomic E-state index is 12.4. The Kier molecular flexibility index (Phi) is 5.89. The Morgan fingerprint density at radius 1 is 0.962 bits per heavy atom. The monoisotopic (exact) mass is 353 g/mol. The Morgan fingerprint density at radius 2 is 1.62 bits per heavy atom. The van der Waals surface area contributed by atoms with Gasteiger partial charge in [-0.25, -0.2) is 0 Å².